The lowest BCUT2D eigenvalue weighted by atomic mass is 10.2. The molecule has 1 aliphatic heterocycles. The maximum Gasteiger partial charge on any atom is 0.263 e. The van der Waals surface area contributed by atoms with E-state index in [9.17, 15) is 18.0 Å². The van der Waals surface area contributed by atoms with Gasteiger partial charge >= 0.3 is 0 Å². The predicted octanol–water partition coefficient (Wildman–Crippen LogP) is 3.03. The number of fused-ring (bicyclic) bond motifs is 1. The normalized spacial score (nSPS) is 14.3. The van der Waals surface area contributed by atoms with Gasteiger partial charge in [-0.15, -0.1) is 11.3 Å². The molecule has 2 aromatic heterocycles. The van der Waals surface area contributed by atoms with Crippen molar-refractivity contribution in [2.24, 2.45) is 0 Å². The number of hydrogen-bond acceptors (Lipinski definition) is 7. The first kappa shape index (κ1) is 23.8. The molecule has 0 spiro atoms. The molecule has 0 bridgehead atoms. The number of thiazole rings is 1. The fourth-order valence-electron chi connectivity index (χ4n) is 4.10. The van der Waals surface area contributed by atoms with E-state index >= 15 is 0 Å². The summed E-state index contributed by atoms with van der Waals surface area (Å²) < 4.78 is 34.6. The van der Waals surface area contributed by atoms with Crippen molar-refractivity contribution >= 4 is 54.9 Å². The van der Waals surface area contributed by atoms with Crippen LogP contribution in [0.2, 0.25) is 0 Å². The van der Waals surface area contributed by atoms with Crippen molar-refractivity contribution < 1.29 is 24.2 Å². The Morgan fingerprint density at radius 2 is 1.97 bits per heavy atom. The molecule has 36 heavy (non-hydrogen) atoms. The molecule has 0 aliphatic carbocycles. The number of amides is 2. The summed E-state index contributed by atoms with van der Waals surface area (Å²) >= 11 is 1.18. The molecule has 3 heterocycles. The van der Waals surface area contributed by atoms with Crippen LogP contribution in [0, 0.1) is 0 Å². The maximum atomic E-state index is 12.9. The molecule has 188 valence electrons. The SMILES string of the molecule is COc1ccc2c(ccn2CC(=O)N2CCN(c3ccc(S(=O)(=O)Nc4nccs4)cc3)C(=O)C2)c1.[HH]. The van der Waals surface area contributed by atoms with Crippen LogP contribution in [0.4, 0.5) is 10.8 Å². The van der Waals surface area contributed by atoms with E-state index in [-0.39, 0.29) is 36.4 Å². The molecule has 1 aliphatic rings. The van der Waals surface area contributed by atoms with Crippen molar-refractivity contribution in [3.8, 4) is 5.75 Å². The van der Waals surface area contributed by atoms with Crippen LogP contribution >= 0.6 is 11.3 Å². The zero-order valence-corrected chi connectivity index (χ0v) is 21.0. The number of aromatic nitrogens is 2. The molecular weight excluding hydrogens is 502 g/mol. The number of rotatable bonds is 7. The Kier molecular flexibility index (Phi) is 6.37. The van der Waals surface area contributed by atoms with E-state index in [0.717, 1.165) is 16.7 Å². The van der Waals surface area contributed by atoms with Gasteiger partial charge in [0.2, 0.25) is 11.8 Å². The largest absolute Gasteiger partial charge is 0.497 e. The number of nitrogens with one attached hydrogen (secondary N) is 1. The van der Waals surface area contributed by atoms with Crippen LogP contribution < -0.4 is 14.4 Å². The van der Waals surface area contributed by atoms with E-state index < -0.39 is 10.0 Å². The lowest BCUT2D eigenvalue weighted by molar-refractivity contribution is -0.137. The number of piperazine rings is 1. The minimum Gasteiger partial charge on any atom is -0.497 e. The van der Waals surface area contributed by atoms with E-state index in [4.69, 9.17) is 4.74 Å². The van der Waals surface area contributed by atoms with Gasteiger partial charge in [0.15, 0.2) is 5.13 Å². The van der Waals surface area contributed by atoms with E-state index in [1.807, 2.05) is 35.0 Å². The van der Waals surface area contributed by atoms with E-state index in [1.165, 1.54) is 29.7 Å². The number of benzene rings is 2. The molecule has 1 saturated heterocycles. The van der Waals surface area contributed by atoms with Gasteiger partial charge in [0, 0.05) is 48.9 Å². The minimum atomic E-state index is -3.78. The van der Waals surface area contributed by atoms with Crippen LogP contribution in [-0.4, -0.2) is 61.4 Å². The van der Waals surface area contributed by atoms with Crippen molar-refractivity contribution in [3.05, 3.63) is 66.3 Å². The molecule has 5 rings (SSSR count). The molecule has 12 heteroatoms. The summed E-state index contributed by atoms with van der Waals surface area (Å²) in [4.78, 5) is 32.9. The minimum absolute atomic E-state index is 0. The Morgan fingerprint density at radius 3 is 2.67 bits per heavy atom. The number of sulfonamides is 1. The molecule has 0 saturated carbocycles. The Labute approximate surface area is 213 Å². The smallest absolute Gasteiger partial charge is 0.263 e. The summed E-state index contributed by atoms with van der Waals surface area (Å²) in [7, 11) is -2.17. The highest BCUT2D eigenvalue weighted by molar-refractivity contribution is 7.93. The van der Waals surface area contributed by atoms with Crippen LogP contribution in [0.5, 0.6) is 5.75 Å². The van der Waals surface area contributed by atoms with Gasteiger partial charge in [0.1, 0.15) is 18.8 Å². The highest BCUT2D eigenvalue weighted by Gasteiger charge is 2.28. The second kappa shape index (κ2) is 9.63. The third kappa shape index (κ3) is 4.77. The summed E-state index contributed by atoms with van der Waals surface area (Å²) in [5, 5.41) is 2.92. The summed E-state index contributed by atoms with van der Waals surface area (Å²) in [6.07, 6.45) is 3.36. The molecule has 2 aromatic carbocycles. The van der Waals surface area contributed by atoms with Gasteiger partial charge in [-0.2, -0.15) is 0 Å². The van der Waals surface area contributed by atoms with Gasteiger partial charge in [-0.1, -0.05) is 0 Å². The summed E-state index contributed by atoms with van der Waals surface area (Å²) in [5.74, 6) is 0.369. The number of methoxy groups -OCH3 is 1. The number of anilines is 2. The van der Waals surface area contributed by atoms with E-state index in [2.05, 4.69) is 9.71 Å². The monoisotopic (exact) mass is 527 g/mol. The summed E-state index contributed by atoms with van der Waals surface area (Å²) in [6.45, 7) is 0.778. The average Bonchev–Trinajstić information content (AvgIpc) is 3.53. The predicted molar refractivity (Wildman–Crippen MR) is 139 cm³/mol. The van der Waals surface area contributed by atoms with Gasteiger partial charge in [-0.25, -0.2) is 13.4 Å². The van der Waals surface area contributed by atoms with Gasteiger partial charge < -0.3 is 19.1 Å². The highest BCUT2D eigenvalue weighted by Crippen LogP contribution is 2.24. The van der Waals surface area contributed by atoms with Crippen molar-refractivity contribution in [3.63, 3.8) is 0 Å². The molecule has 0 radical (unpaired) electrons. The van der Waals surface area contributed by atoms with Crippen molar-refractivity contribution in [2.45, 2.75) is 11.4 Å². The van der Waals surface area contributed by atoms with Crippen LogP contribution in [0.25, 0.3) is 10.9 Å². The number of nitrogens with zero attached hydrogens (tertiary/aromatic N) is 4. The molecule has 1 fully saturated rings. The number of hydrogen-bond donors (Lipinski definition) is 1. The second-order valence-corrected chi connectivity index (χ2v) is 10.7. The van der Waals surface area contributed by atoms with Crippen molar-refractivity contribution in [1.82, 2.24) is 14.5 Å². The second-order valence-electron chi connectivity index (χ2n) is 8.17. The van der Waals surface area contributed by atoms with E-state index in [1.54, 1.807) is 34.4 Å². The van der Waals surface area contributed by atoms with Gasteiger partial charge in [0.25, 0.3) is 10.0 Å². The summed E-state index contributed by atoms with van der Waals surface area (Å²) in [5.41, 5.74) is 1.49. The molecular formula is C24H25N5O5S2. The molecule has 1 N–H and O–H groups in total. The first-order valence-corrected chi connectivity index (χ1v) is 13.4. The van der Waals surface area contributed by atoms with Crippen LogP contribution in [0.1, 0.15) is 1.43 Å². The Balaban J connectivity index is 0.00000320. The molecule has 0 atom stereocenters. The van der Waals surface area contributed by atoms with Crippen molar-refractivity contribution in [2.75, 3.05) is 36.4 Å². The zero-order chi connectivity index (χ0) is 25.3. The highest BCUT2D eigenvalue weighted by atomic mass is 32.2. The number of carbonyl (C=O) groups is 2. The lowest BCUT2D eigenvalue weighted by Crippen LogP contribution is -2.53. The average molecular weight is 528 g/mol. The zero-order valence-electron chi connectivity index (χ0n) is 19.3. The summed E-state index contributed by atoms with van der Waals surface area (Å²) in [6, 6.07) is 13.6. The first-order chi connectivity index (χ1) is 17.3. The lowest BCUT2D eigenvalue weighted by Gasteiger charge is -2.34. The molecule has 2 amide bonds. The van der Waals surface area contributed by atoms with Crippen LogP contribution in [-0.2, 0) is 26.2 Å². The Hall–Kier alpha value is -3.90. The molecule has 10 nitrogen and oxygen atoms in total. The fourth-order valence-corrected chi connectivity index (χ4v) is 5.89. The van der Waals surface area contributed by atoms with Gasteiger partial charge in [-0.3, -0.25) is 14.3 Å². The Bertz CT molecular complexity index is 1520. The maximum absolute atomic E-state index is 12.9. The fraction of sp³-hybridized carbons (Fsp3) is 0.208. The number of carbonyl (C=O) groups excluding carboxylic acids is 2. The van der Waals surface area contributed by atoms with Crippen LogP contribution in [0.3, 0.4) is 0 Å². The van der Waals surface area contributed by atoms with E-state index in [0.29, 0.717) is 18.8 Å². The third-order valence-electron chi connectivity index (χ3n) is 5.97. The number of ether oxygens (including phenoxy) is 1. The quantitative estimate of drug-likeness (QED) is 0.395. The first-order valence-electron chi connectivity index (χ1n) is 11.1. The molecule has 0 unspecified atom stereocenters. The van der Waals surface area contributed by atoms with Gasteiger partial charge in [-0.05, 0) is 48.5 Å². The standard InChI is InChI=1S/C24H23N5O5S2.H2/c1-34-19-4-7-21-17(14-19)8-10-27(21)15-22(30)28-11-12-29(23(31)16-28)18-2-5-20(6-3-18)36(32,33)26-24-25-9-13-35-24;/h2-10,13-14H,11-12,15-16H2,1H3,(H,25,26);1H. The van der Waals surface area contributed by atoms with Crippen LogP contribution in [0.15, 0.2) is 71.2 Å². The van der Waals surface area contributed by atoms with Gasteiger partial charge in [0.05, 0.1) is 12.0 Å². The third-order valence-corrected chi connectivity index (χ3v) is 8.14. The Morgan fingerprint density at radius 1 is 1.17 bits per heavy atom. The van der Waals surface area contributed by atoms with Crippen molar-refractivity contribution in [1.29, 1.82) is 0 Å². The topological polar surface area (TPSA) is 114 Å². The molecule has 4 aromatic rings.